The highest BCUT2D eigenvalue weighted by Crippen LogP contribution is 2.11. The molecule has 5 nitrogen and oxygen atoms in total. The number of aryl methyl sites for hydroxylation is 1. The molecule has 5 heteroatoms. The Labute approximate surface area is 70.7 Å². The SMILES string of the molecule is Cn1cc(C2COCCN2)nn1. The van der Waals surface area contributed by atoms with E-state index < -0.39 is 0 Å². The van der Waals surface area contributed by atoms with E-state index in [9.17, 15) is 0 Å². The maximum Gasteiger partial charge on any atom is 0.102 e. The zero-order chi connectivity index (χ0) is 8.39. The average molecular weight is 168 g/mol. The van der Waals surface area contributed by atoms with Crippen LogP contribution in [0.3, 0.4) is 0 Å². The van der Waals surface area contributed by atoms with Crippen molar-refractivity contribution in [3.8, 4) is 0 Å². The highest BCUT2D eigenvalue weighted by Gasteiger charge is 2.17. The van der Waals surface area contributed by atoms with Gasteiger partial charge in [-0.05, 0) is 0 Å². The summed E-state index contributed by atoms with van der Waals surface area (Å²) in [6.45, 7) is 2.37. The molecule has 0 aromatic carbocycles. The summed E-state index contributed by atoms with van der Waals surface area (Å²) in [6, 6.07) is 0.215. The van der Waals surface area contributed by atoms with Crippen LogP contribution in [0.1, 0.15) is 11.7 Å². The van der Waals surface area contributed by atoms with E-state index in [2.05, 4.69) is 15.6 Å². The molecule has 1 aliphatic rings. The van der Waals surface area contributed by atoms with Gasteiger partial charge in [0.15, 0.2) is 0 Å². The Bertz CT molecular complexity index is 254. The second kappa shape index (κ2) is 3.20. The molecule has 0 spiro atoms. The molecule has 1 aliphatic heterocycles. The zero-order valence-electron chi connectivity index (χ0n) is 7.03. The minimum Gasteiger partial charge on any atom is -0.378 e. The normalized spacial score (nSPS) is 24.2. The number of ether oxygens (including phenoxy) is 1. The van der Waals surface area contributed by atoms with Gasteiger partial charge in [0.25, 0.3) is 0 Å². The predicted molar refractivity (Wildman–Crippen MR) is 42.6 cm³/mol. The van der Waals surface area contributed by atoms with Crippen LogP contribution < -0.4 is 5.32 Å². The van der Waals surface area contributed by atoms with Gasteiger partial charge in [-0.2, -0.15) is 0 Å². The molecule has 0 saturated carbocycles. The number of morpholine rings is 1. The molecule has 1 unspecified atom stereocenters. The van der Waals surface area contributed by atoms with E-state index in [1.165, 1.54) is 0 Å². The Hall–Kier alpha value is -0.940. The van der Waals surface area contributed by atoms with E-state index in [4.69, 9.17) is 4.74 Å². The number of nitrogens with zero attached hydrogens (tertiary/aromatic N) is 3. The van der Waals surface area contributed by atoms with Crippen molar-refractivity contribution >= 4 is 0 Å². The molecule has 0 bridgehead atoms. The van der Waals surface area contributed by atoms with Crippen molar-refractivity contribution in [3.05, 3.63) is 11.9 Å². The van der Waals surface area contributed by atoms with Crippen molar-refractivity contribution in [2.75, 3.05) is 19.8 Å². The van der Waals surface area contributed by atoms with Crippen LogP contribution in [0.5, 0.6) is 0 Å². The number of hydrogen-bond donors (Lipinski definition) is 1. The van der Waals surface area contributed by atoms with Crippen molar-refractivity contribution in [1.82, 2.24) is 20.3 Å². The third-order valence-electron chi connectivity index (χ3n) is 1.90. The van der Waals surface area contributed by atoms with E-state index in [1.807, 2.05) is 13.2 Å². The van der Waals surface area contributed by atoms with Crippen LogP contribution in [0.15, 0.2) is 6.20 Å². The topological polar surface area (TPSA) is 52.0 Å². The molecule has 0 radical (unpaired) electrons. The van der Waals surface area contributed by atoms with E-state index in [0.29, 0.717) is 6.61 Å². The zero-order valence-corrected chi connectivity index (χ0v) is 7.03. The first kappa shape index (κ1) is 7.70. The van der Waals surface area contributed by atoms with E-state index in [0.717, 1.165) is 18.8 Å². The quantitative estimate of drug-likeness (QED) is 0.613. The highest BCUT2D eigenvalue weighted by molar-refractivity contribution is 5.01. The van der Waals surface area contributed by atoms with Crippen LogP contribution in [0, 0.1) is 0 Å². The minimum absolute atomic E-state index is 0.215. The number of hydrogen-bond acceptors (Lipinski definition) is 4. The molecule has 1 atom stereocenters. The van der Waals surface area contributed by atoms with Crippen molar-refractivity contribution in [1.29, 1.82) is 0 Å². The fraction of sp³-hybridized carbons (Fsp3) is 0.714. The van der Waals surface area contributed by atoms with Crippen molar-refractivity contribution < 1.29 is 4.74 Å². The molecule has 1 aromatic rings. The molecule has 1 N–H and O–H groups in total. The Balaban J connectivity index is 2.08. The minimum atomic E-state index is 0.215. The van der Waals surface area contributed by atoms with Crippen molar-refractivity contribution in [3.63, 3.8) is 0 Å². The smallest absolute Gasteiger partial charge is 0.102 e. The fourth-order valence-corrected chi connectivity index (χ4v) is 1.28. The molecule has 1 fully saturated rings. The molecule has 1 saturated heterocycles. The lowest BCUT2D eigenvalue weighted by atomic mass is 10.2. The molecular weight excluding hydrogens is 156 g/mol. The van der Waals surface area contributed by atoms with Crippen molar-refractivity contribution in [2.24, 2.45) is 7.05 Å². The summed E-state index contributed by atoms with van der Waals surface area (Å²) < 4.78 is 7.01. The third kappa shape index (κ3) is 1.46. The maximum atomic E-state index is 5.31. The molecule has 12 heavy (non-hydrogen) atoms. The monoisotopic (exact) mass is 168 g/mol. The van der Waals surface area contributed by atoms with Gasteiger partial charge >= 0.3 is 0 Å². The van der Waals surface area contributed by atoms with Crippen molar-refractivity contribution in [2.45, 2.75) is 6.04 Å². The number of aromatic nitrogens is 3. The predicted octanol–water partition coefficient (Wildman–Crippen LogP) is -0.524. The van der Waals surface area contributed by atoms with Gasteiger partial charge in [-0.25, -0.2) is 0 Å². The van der Waals surface area contributed by atoms with Gasteiger partial charge in [0.1, 0.15) is 5.69 Å². The Morgan fingerprint density at radius 1 is 1.75 bits per heavy atom. The van der Waals surface area contributed by atoms with Crippen LogP contribution in [0.4, 0.5) is 0 Å². The standard InChI is InChI=1S/C7H12N4O/c1-11-4-6(9-10-11)7-5-12-3-2-8-7/h4,7-8H,2-3,5H2,1H3. The Morgan fingerprint density at radius 2 is 2.67 bits per heavy atom. The van der Waals surface area contributed by atoms with Crippen LogP contribution >= 0.6 is 0 Å². The van der Waals surface area contributed by atoms with Gasteiger partial charge in [0.05, 0.1) is 19.3 Å². The molecule has 66 valence electrons. The van der Waals surface area contributed by atoms with Gasteiger partial charge in [0.2, 0.25) is 0 Å². The maximum absolute atomic E-state index is 5.31. The number of rotatable bonds is 1. The summed E-state index contributed by atoms with van der Waals surface area (Å²) in [6.07, 6.45) is 1.91. The largest absolute Gasteiger partial charge is 0.378 e. The summed E-state index contributed by atoms with van der Waals surface area (Å²) in [5.74, 6) is 0. The van der Waals surface area contributed by atoms with Crippen LogP contribution in [0.2, 0.25) is 0 Å². The Morgan fingerprint density at radius 3 is 3.25 bits per heavy atom. The lowest BCUT2D eigenvalue weighted by Crippen LogP contribution is -2.34. The van der Waals surface area contributed by atoms with E-state index >= 15 is 0 Å². The third-order valence-corrected chi connectivity index (χ3v) is 1.90. The molecule has 0 amide bonds. The van der Waals surface area contributed by atoms with E-state index in [1.54, 1.807) is 4.68 Å². The first-order chi connectivity index (χ1) is 5.86. The number of nitrogens with one attached hydrogen (secondary N) is 1. The van der Waals surface area contributed by atoms with Gasteiger partial charge in [0, 0.05) is 19.8 Å². The Kier molecular flexibility index (Phi) is 2.05. The second-order valence-electron chi connectivity index (χ2n) is 2.90. The molecule has 1 aromatic heterocycles. The van der Waals surface area contributed by atoms with Crippen LogP contribution in [-0.2, 0) is 11.8 Å². The lowest BCUT2D eigenvalue weighted by Gasteiger charge is -2.21. The lowest BCUT2D eigenvalue weighted by molar-refractivity contribution is 0.0756. The summed E-state index contributed by atoms with van der Waals surface area (Å²) in [4.78, 5) is 0. The van der Waals surface area contributed by atoms with Crippen LogP contribution in [0.25, 0.3) is 0 Å². The summed E-state index contributed by atoms with van der Waals surface area (Å²) in [7, 11) is 1.86. The van der Waals surface area contributed by atoms with Gasteiger partial charge in [-0.1, -0.05) is 5.21 Å². The highest BCUT2D eigenvalue weighted by atomic mass is 16.5. The summed E-state index contributed by atoms with van der Waals surface area (Å²) in [5.41, 5.74) is 0.956. The molecule has 0 aliphatic carbocycles. The van der Waals surface area contributed by atoms with Gasteiger partial charge in [-0.15, -0.1) is 5.10 Å². The average Bonchev–Trinajstić information content (AvgIpc) is 2.54. The van der Waals surface area contributed by atoms with E-state index in [-0.39, 0.29) is 6.04 Å². The second-order valence-corrected chi connectivity index (χ2v) is 2.90. The molecule has 2 heterocycles. The summed E-state index contributed by atoms with van der Waals surface area (Å²) in [5, 5.41) is 11.2. The molecule has 2 rings (SSSR count). The van der Waals surface area contributed by atoms with Gasteiger partial charge in [-0.3, -0.25) is 4.68 Å². The van der Waals surface area contributed by atoms with Gasteiger partial charge < -0.3 is 10.1 Å². The first-order valence-electron chi connectivity index (χ1n) is 4.03. The first-order valence-corrected chi connectivity index (χ1v) is 4.03. The summed E-state index contributed by atoms with van der Waals surface area (Å²) >= 11 is 0. The van der Waals surface area contributed by atoms with Crippen LogP contribution in [-0.4, -0.2) is 34.8 Å². The fourth-order valence-electron chi connectivity index (χ4n) is 1.28. The molecular formula is C7H12N4O.